The van der Waals surface area contributed by atoms with Crippen molar-refractivity contribution in [1.29, 1.82) is 0 Å². The van der Waals surface area contributed by atoms with E-state index in [0.717, 1.165) is 25.9 Å². The van der Waals surface area contributed by atoms with Crippen molar-refractivity contribution in [1.82, 2.24) is 10.8 Å². The van der Waals surface area contributed by atoms with Gasteiger partial charge in [0.25, 0.3) is 5.91 Å². The third-order valence-electron chi connectivity index (χ3n) is 5.45. The summed E-state index contributed by atoms with van der Waals surface area (Å²) in [5.41, 5.74) is 6.15. The number of carbonyl (C=O) groups is 1. The van der Waals surface area contributed by atoms with Crippen molar-refractivity contribution in [2.45, 2.75) is 71.9 Å². The number of nitrogens with one attached hydrogen (secondary N) is 3. The number of anilines is 1. The van der Waals surface area contributed by atoms with Crippen molar-refractivity contribution in [2.24, 2.45) is 0 Å². The van der Waals surface area contributed by atoms with Crippen LogP contribution in [0.3, 0.4) is 0 Å². The van der Waals surface area contributed by atoms with E-state index in [9.17, 15) is 9.18 Å². The molecule has 5 nitrogen and oxygen atoms in total. The molecule has 0 heterocycles. The second kappa shape index (κ2) is 11.3. The molecule has 0 saturated carbocycles. The van der Waals surface area contributed by atoms with Crippen molar-refractivity contribution in [3.8, 4) is 0 Å². The highest BCUT2D eigenvalue weighted by Gasteiger charge is 2.18. The zero-order valence-electron chi connectivity index (χ0n) is 19.3. The molecule has 1 atom stereocenters. The topological polar surface area (TPSA) is 73.4 Å². The number of carbonyl (C=O) groups excluding carboxylic acids is 1. The molecule has 170 valence electrons. The lowest BCUT2D eigenvalue weighted by Crippen LogP contribution is -2.38. The number of hydroxylamine groups is 1. The SMILES string of the molecule is Cc1cc(N[C@H](CCCCNCc2ccc(C(C)(C)C)cc2)C(=O)NO)cc(C)c1F. The van der Waals surface area contributed by atoms with Gasteiger partial charge in [0.1, 0.15) is 11.9 Å². The third kappa shape index (κ3) is 7.64. The van der Waals surface area contributed by atoms with Crippen molar-refractivity contribution >= 4 is 11.6 Å². The average Bonchev–Trinajstić information content (AvgIpc) is 2.72. The molecule has 0 radical (unpaired) electrons. The van der Waals surface area contributed by atoms with Crippen LogP contribution in [0.25, 0.3) is 0 Å². The van der Waals surface area contributed by atoms with E-state index in [0.29, 0.717) is 23.2 Å². The first-order chi connectivity index (χ1) is 14.6. The summed E-state index contributed by atoms with van der Waals surface area (Å²) in [6.07, 6.45) is 2.27. The predicted molar refractivity (Wildman–Crippen MR) is 124 cm³/mol. The lowest BCUT2D eigenvalue weighted by Gasteiger charge is -2.19. The smallest absolute Gasteiger partial charge is 0.265 e. The summed E-state index contributed by atoms with van der Waals surface area (Å²) >= 11 is 0. The fourth-order valence-corrected chi connectivity index (χ4v) is 3.53. The fraction of sp³-hybridized carbons (Fsp3) is 0.480. The molecule has 2 rings (SSSR count). The van der Waals surface area contributed by atoms with Crippen LogP contribution >= 0.6 is 0 Å². The number of halogens is 1. The molecule has 0 bridgehead atoms. The second-order valence-electron chi connectivity index (χ2n) is 9.22. The monoisotopic (exact) mass is 429 g/mol. The van der Waals surface area contributed by atoms with Gasteiger partial charge >= 0.3 is 0 Å². The summed E-state index contributed by atoms with van der Waals surface area (Å²) in [5.74, 6) is -0.737. The highest BCUT2D eigenvalue weighted by atomic mass is 19.1. The number of hydrogen-bond donors (Lipinski definition) is 4. The van der Waals surface area contributed by atoms with Crippen LogP contribution in [0.1, 0.15) is 62.3 Å². The van der Waals surface area contributed by atoms with Gasteiger partial charge in [-0.25, -0.2) is 9.87 Å². The number of rotatable bonds is 10. The van der Waals surface area contributed by atoms with Crippen molar-refractivity contribution in [3.63, 3.8) is 0 Å². The molecule has 2 aromatic carbocycles. The van der Waals surface area contributed by atoms with Gasteiger partial charge in [-0.05, 0) is 79.5 Å². The van der Waals surface area contributed by atoms with E-state index in [2.05, 4.69) is 55.7 Å². The van der Waals surface area contributed by atoms with Gasteiger partial charge in [0.05, 0.1) is 0 Å². The molecule has 0 saturated heterocycles. The molecule has 0 aromatic heterocycles. The molecule has 0 aliphatic rings. The van der Waals surface area contributed by atoms with Crippen molar-refractivity contribution in [3.05, 3.63) is 64.5 Å². The van der Waals surface area contributed by atoms with E-state index in [-0.39, 0.29) is 11.2 Å². The lowest BCUT2D eigenvalue weighted by molar-refractivity contribution is -0.130. The van der Waals surface area contributed by atoms with Gasteiger partial charge in [0.2, 0.25) is 0 Å². The standard InChI is InChI=1S/C25H36FN3O2/c1-17-14-21(15-18(2)23(17)26)28-22(24(30)29-31)8-6-7-13-27-16-19-9-11-20(12-10-19)25(3,4)5/h9-12,14-15,22,27-28,31H,6-8,13,16H2,1-5H3,(H,29,30)/t22-/m1/s1. The van der Waals surface area contributed by atoms with Gasteiger partial charge in [-0.3, -0.25) is 10.0 Å². The molecular formula is C25H36FN3O2. The number of benzene rings is 2. The van der Waals surface area contributed by atoms with Crippen LogP contribution in [-0.4, -0.2) is 23.7 Å². The number of aryl methyl sites for hydroxylation is 2. The highest BCUT2D eigenvalue weighted by Crippen LogP contribution is 2.22. The van der Waals surface area contributed by atoms with Crippen molar-refractivity contribution < 1.29 is 14.4 Å². The van der Waals surface area contributed by atoms with Gasteiger partial charge in [0.15, 0.2) is 0 Å². The molecule has 0 fully saturated rings. The molecule has 0 aliphatic heterocycles. The number of hydrogen-bond acceptors (Lipinski definition) is 4. The van der Waals surface area contributed by atoms with Gasteiger partial charge in [-0.15, -0.1) is 0 Å². The van der Waals surface area contributed by atoms with Gasteiger partial charge in [-0.2, -0.15) is 0 Å². The van der Waals surface area contributed by atoms with Crippen LogP contribution in [0.4, 0.5) is 10.1 Å². The summed E-state index contributed by atoms with van der Waals surface area (Å²) in [7, 11) is 0. The zero-order chi connectivity index (χ0) is 23.0. The van der Waals surface area contributed by atoms with Crippen LogP contribution in [0, 0.1) is 19.7 Å². The molecule has 2 aromatic rings. The van der Waals surface area contributed by atoms with Crippen LogP contribution < -0.4 is 16.1 Å². The van der Waals surface area contributed by atoms with E-state index >= 15 is 0 Å². The van der Waals surface area contributed by atoms with Crippen LogP contribution in [0.5, 0.6) is 0 Å². The van der Waals surface area contributed by atoms with Gasteiger partial charge < -0.3 is 10.6 Å². The Balaban J connectivity index is 1.78. The third-order valence-corrected chi connectivity index (χ3v) is 5.45. The Morgan fingerprint density at radius 1 is 1.06 bits per heavy atom. The van der Waals surface area contributed by atoms with E-state index in [1.807, 2.05) is 0 Å². The largest absolute Gasteiger partial charge is 0.374 e. The summed E-state index contributed by atoms with van der Waals surface area (Å²) in [4.78, 5) is 12.0. The first kappa shape index (κ1) is 24.8. The van der Waals surface area contributed by atoms with E-state index in [1.165, 1.54) is 11.1 Å². The van der Waals surface area contributed by atoms with Gasteiger partial charge in [0, 0.05) is 12.2 Å². The molecule has 4 N–H and O–H groups in total. The first-order valence-electron chi connectivity index (χ1n) is 10.9. The second-order valence-corrected chi connectivity index (χ2v) is 9.22. The van der Waals surface area contributed by atoms with Crippen LogP contribution in [-0.2, 0) is 16.8 Å². The first-order valence-corrected chi connectivity index (χ1v) is 10.9. The summed E-state index contributed by atoms with van der Waals surface area (Å²) < 4.78 is 13.8. The molecule has 0 spiro atoms. The Kier molecular flexibility index (Phi) is 9.01. The maximum atomic E-state index is 13.8. The summed E-state index contributed by atoms with van der Waals surface area (Å²) in [6.45, 7) is 11.6. The maximum Gasteiger partial charge on any atom is 0.265 e. The Morgan fingerprint density at radius 2 is 1.68 bits per heavy atom. The van der Waals surface area contributed by atoms with Crippen LogP contribution in [0.15, 0.2) is 36.4 Å². The predicted octanol–water partition coefficient (Wildman–Crippen LogP) is 4.99. The normalized spacial score (nSPS) is 12.5. The molecular weight excluding hydrogens is 393 g/mol. The average molecular weight is 430 g/mol. The zero-order valence-corrected chi connectivity index (χ0v) is 19.3. The minimum Gasteiger partial charge on any atom is -0.374 e. The molecule has 0 unspecified atom stereocenters. The fourth-order valence-electron chi connectivity index (χ4n) is 3.53. The van der Waals surface area contributed by atoms with Crippen molar-refractivity contribution in [2.75, 3.05) is 11.9 Å². The molecule has 31 heavy (non-hydrogen) atoms. The molecule has 0 aliphatic carbocycles. The minimum absolute atomic E-state index is 0.155. The lowest BCUT2D eigenvalue weighted by atomic mass is 9.87. The summed E-state index contributed by atoms with van der Waals surface area (Å²) in [5, 5.41) is 15.6. The number of amides is 1. The highest BCUT2D eigenvalue weighted by molar-refractivity contribution is 5.83. The Morgan fingerprint density at radius 3 is 2.23 bits per heavy atom. The van der Waals surface area contributed by atoms with E-state index < -0.39 is 11.9 Å². The maximum absolute atomic E-state index is 13.8. The van der Waals surface area contributed by atoms with E-state index in [4.69, 9.17) is 5.21 Å². The Labute approximate surface area is 185 Å². The Bertz CT molecular complexity index is 837. The quantitative estimate of drug-likeness (QED) is 0.244. The van der Waals surface area contributed by atoms with Crippen LogP contribution in [0.2, 0.25) is 0 Å². The van der Waals surface area contributed by atoms with Gasteiger partial charge in [-0.1, -0.05) is 45.0 Å². The summed E-state index contributed by atoms with van der Waals surface area (Å²) in [6, 6.07) is 11.4. The Hall–Kier alpha value is -2.44. The minimum atomic E-state index is -0.584. The number of unbranched alkanes of at least 4 members (excludes halogenated alkanes) is 1. The molecule has 1 amide bonds. The molecule has 6 heteroatoms. The van der Waals surface area contributed by atoms with E-state index in [1.54, 1.807) is 31.5 Å².